The van der Waals surface area contributed by atoms with Crippen molar-refractivity contribution >= 4 is 5.91 Å². The molecule has 0 saturated carbocycles. The first-order chi connectivity index (χ1) is 13.9. The summed E-state index contributed by atoms with van der Waals surface area (Å²) in [4.78, 5) is 16.3. The fraction of sp³-hybridized carbons (Fsp3) is 0.143. The van der Waals surface area contributed by atoms with E-state index in [1.54, 1.807) is 36.4 Å². The van der Waals surface area contributed by atoms with E-state index < -0.39 is 11.7 Å². The lowest BCUT2D eigenvalue weighted by Crippen LogP contribution is -2.22. The molecule has 1 aliphatic rings. The lowest BCUT2D eigenvalue weighted by atomic mass is 10.1. The number of ether oxygens (including phenoxy) is 2. The summed E-state index contributed by atoms with van der Waals surface area (Å²) < 4.78 is 49.1. The molecule has 29 heavy (non-hydrogen) atoms. The number of hydrogen-bond donors (Lipinski definition) is 1. The molecule has 2 aromatic carbocycles. The Morgan fingerprint density at radius 3 is 2.52 bits per heavy atom. The van der Waals surface area contributed by atoms with Crippen molar-refractivity contribution in [3.63, 3.8) is 0 Å². The van der Waals surface area contributed by atoms with Crippen LogP contribution in [0.5, 0.6) is 11.5 Å². The van der Waals surface area contributed by atoms with E-state index >= 15 is 0 Å². The molecule has 1 aliphatic heterocycles. The average molecular weight is 400 g/mol. The predicted molar refractivity (Wildman–Crippen MR) is 98.4 cm³/mol. The molecule has 4 rings (SSSR count). The fourth-order valence-corrected chi connectivity index (χ4v) is 2.89. The van der Waals surface area contributed by atoms with Gasteiger partial charge >= 0.3 is 6.18 Å². The number of amides is 1. The first-order valence-corrected chi connectivity index (χ1v) is 8.70. The maximum atomic E-state index is 12.9. The first kappa shape index (κ1) is 18.8. The number of nitrogens with zero attached hydrogens (tertiary/aromatic N) is 1. The third kappa shape index (κ3) is 4.16. The van der Waals surface area contributed by atoms with E-state index in [0.29, 0.717) is 29.2 Å². The van der Waals surface area contributed by atoms with Crippen LogP contribution >= 0.6 is 0 Å². The molecule has 8 heteroatoms. The number of carbonyl (C=O) groups is 1. The van der Waals surface area contributed by atoms with Crippen molar-refractivity contribution in [1.82, 2.24) is 10.3 Å². The van der Waals surface area contributed by atoms with Gasteiger partial charge in [0.15, 0.2) is 11.5 Å². The quantitative estimate of drug-likeness (QED) is 0.704. The maximum absolute atomic E-state index is 12.9. The third-order valence-electron chi connectivity index (χ3n) is 4.42. The molecule has 0 bridgehead atoms. The van der Waals surface area contributed by atoms with Crippen molar-refractivity contribution in [2.75, 3.05) is 6.79 Å². The second-order valence-electron chi connectivity index (χ2n) is 6.38. The van der Waals surface area contributed by atoms with Gasteiger partial charge in [-0.25, -0.2) is 0 Å². The molecule has 3 aromatic rings. The zero-order valence-corrected chi connectivity index (χ0v) is 15.0. The van der Waals surface area contributed by atoms with Crippen LogP contribution < -0.4 is 14.8 Å². The Morgan fingerprint density at radius 2 is 1.76 bits per heavy atom. The van der Waals surface area contributed by atoms with E-state index in [9.17, 15) is 18.0 Å². The molecule has 1 amide bonds. The molecule has 0 saturated heterocycles. The van der Waals surface area contributed by atoms with Crippen LogP contribution in [0.2, 0.25) is 0 Å². The molecule has 5 nitrogen and oxygen atoms in total. The highest BCUT2D eigenvalue weighted by molar-refractivity contribution is 5.94. The number of aromatic nitrogens is 1. The van der Waals surface area contributed by atoms with Crippen LogP contribution in [0.25, 0.3) is 11.3 Å². The first-order valence-electron chi connectivity index (χ1n) is 8.70. The number of alkyl halides is 3. The van der Waals surface area contributed by atoms with E-state index in [0.717, 1.165) is 23.9 Å². The van der Waals surface area contributed by atoms with E-state index in [2.05, 4.69) is 10.3 Å². The molecule has 0 unspecified atom stereocenters. The Morgan fingerprint density at radius 1 is 1.00 bits per heavy atom. The van der Waals surface area contributed by atoms with Gasteiger partial charge in [0.25, 0.3) is 5.91 Å². The molecular weight excluding hydrogens is 385 g/mol. The summed E-state index contributed by atoms with van der Waals surface area (Å²) in [5, 5.41) is 2.79. The Kier molecular flexibility index (Phi) is 4.84. The fourth-order valence-electron chi connectivity index (χ4n) is 2.89. The van der Waals surface area contributed by atoms with Crippen LogP contribution in [-0.2, 0) is 12.7 Å². The SMILES string of the molecule is O=C(NCc1ccc2c(c1)OCO2)c1ccc(-c2cc(C(F)(F)F)ccn2)cc1. The number of nitrogens with one attached hydrogen (secondary N) is 1. The van der Waals surface area contributed by atoms with Gasteiger partial charge in [-0.15, -0.1) is 0 Å². The Hall–Kier alpha value is -3.55. The minimum Gasteiger partial charge on any atom is -0.454 e. The predicted octanol–water partition coefficient (Wildman–Crippen LogP) is 4.43. The van der Waals surface area contributed by atoms with Crippen molar-refractivity contribution in [2.45, 2.75) is 12.7 Å². The van der Waals surface area contributed by atoms with Gasteiger partial charge < -0.3 is 14.8 Å². The highest BCUT2D eigenvalue weighted by atomic mass is 19.4. The van der Waals surface area contributed by atoms with Gasteiger partial charge in [-0.1, -0.05) is 18.2 Å². The normalized spacial score (nSPS) is 12.7. The Bertz CT molecular complexity index is 1050. The number of pyridine rings is 1. The maximum Gasteiger partial charge on any atom is 0.416 e. The number of fused-ring (bicyclic) bond motifs is 1. The molecule has 0 aliphatic carbocycles. The van der Waals surface area contributed by atoms with Crippen molar-refractivity contribution < 1.29 is 27.4 Å². The summed E-state index contributed by atoms with van der Waals surface area (Å²) in [6.45, 7) is 0.477. The number of rotatable bonds is 4. The molecular formula is C21H15F3N2O3. The van der Waals surface area contributed by atoms with Crippen molar-refractivity contribution in [3.05, 3.63) is 77.5 Å². The second kappa shape index (κ2) is 7.46. The molecule has 0 radical (unpaired) electrons. The lowest BCUT2D eigenvalue weighted by molar-refractivity contribution is -0.137. The van der Waals surface area contributed by atoms with Gasteiger partial charge in [0.1, 0.15) is 0 Å². The summed E-state index contributed by atoms with van der Waals surface area (Å²) in [5.74, 6) is 1.000. The standard InChI is InChI=1S/C21H15F3N2O3/c22-21(23,24)16-7-8-25-17(10-16)14-2-4-15(5-3-14)20(27)26-11-13-1-6-18-19(9-13)29-12-28-18/h1-10H,11-12H2,(H,26,27). The smallest absolute Gasteiger partial charge is 0.416 e. The summed E-state index contributed by atoms with van der Waals surface area (Å²) in [6, 6.07) is 13.5. The van der Waals surface area contributed by atoms with Crippen LogP contribution in [0.4, 0.5) is 13.2 Å². The van der Waals surface area contributed by atoms with E-state index in [1.165, 1.54) is 0 Å². The van der Waals surface area contributed by atoms with Crippen molar-refractivity contribution in [2.24, 2.45) is 0 Å². The van der Waals surface area contributed by atoms with Crippen molar-refractivity contribution in [1.29, 1.82) is 0 Å². The van der Waals surface area contributed by atoms with Gasteiger partial charge in [0, 0.05) is 23.9 Å². The molecule has 148 valence electrons. The number of carbonyl (C=O) groups excluding carboxylic acids is 1. The zero-order chi connectivity index (χ0) is 20.4. The third-order valence-corrected chi connectivity index (χ3v) is 4.42. The topological polar surface area (TPSA) is 60.5 Å². The molecule has 1 aromatic heterocycles. The van der Waals surface area contributed by atoms with Gasteiger partial charge in [0.2, 0.25) is 6.79 Å². The number of halogens is 3. The summed E-state index contributed by atoms with van der Waals surface area (Å²) in [7, 11) is 0. The van der Waals surface area contributed by atoms with Crippen LogP contribution in [0.3, 0.4) is 0 Å². The van der Waals surface area contributed by atoms with E-state index in [-0.39, 0.29) is 18.4 Å². The van der Waals surface area contributed by atoms with Gasteiger partial charge in [0.05, 0.1) is 11.3 Å². The molecule has 1 N–H and O–H groups in total. The van der Waals surface area contributed by atoms with E-state index in [4.69, 9.17) is 9.47 Å². The minimum atomic E-state index is -4.44. The average Bonchev–Trinajstić information content (AvgIpc) is 3.19. The summed E-state index contributed by atoms with van der Waals surface area (Å²) in [5.41, 5.74) is 1.15. The second-order valence-corrected chi connectivity index (χ2v) is 6.38. The van der Waals surface area contributed by atoms with Crippen LogP contribution in [0, 0.1) is 0 Å². The minimum absolute atomic E-state index is 0.179. The molecule has 0 atom stereocenters. The highest BCUT2D eigenvalue weighted by Gasteiger charge is 2.30. The number of hydrogen-bond acceptors (Lipinski definition) is 4. The van der Waals surface area contributed by atoms with E-state index in [1.807, 2.05) is 6.07 Å². The van der Waals surface area contributed by atoms with Crippen LogP contribution in [0.15, 0.2) is 60.8 Å². The summed E-state index contributed by atoms with van der Waals surface area (Å²) >= 11 is 0. The Balaban J connectivity index is 1.43. The zero-order valence-electron chi connectivity index (χ0n) is 15.0. The van der Waals surface area contributed by atoms with Gasteiger partial charge in [-0.05, 0) is 42.0 Å². The number of benzene rings is 2. The Labute approximate surface area is 164 Å². The largest absolute Gasteiger partial charge is 0.454 e. The molecule has 0 spiro atoms. The molecule has 2 heterocycles. The molecule has 0 fully saturated rings. The van der Waals surface area contributed by atoms with Crippen LogP contribution in [0.1, 0.15) is 21.5 Å². The highest BCUT2D eigenvalue weighted by Crippen LogP contribution is 2.33. The monoisotopic (exact) mass is 400 g/mol. The van der Waals surface area contributed by atoms with Crippen LogP contribution in [-0.4, -0.2) is 17.7 Å². The van der Waals surface area contributed by atoms with Gasteiger partial charge in [-0.2, -0.15) is 13.2 Å². The summed E-state index contributed by atoms with van der Waals surface area (Å²) in [6.07, 6.45) is -3.32. The van der Waals surface area contributed by atoms with Gasteiger partial charge in [-0.3, -0.25) is 9.78 Å². The lowest BCUT2D eigenvalue weighted by Gasteiger charge is -2.09. The van der Waals surface area contributed by atoms with Crippen molar-refractivity contribution in [3.8, 4) is 22.8 Å².